The maximum Gasteiger partial charge on any atom is 0.222 e. The Bertz CT molecular complexity index is 572. The van der Waals surface area contributed by atoms with E-state index in [0.29, 0.717) is 29.1 Å². The Kier molecular flexibility index (Phi) is 3.68. The Morgan fingerprint density at radius 1 is 1.00 bits per heavy atom. The number of carbonyl (C=O) groups excluding carboxylic acids is 2. The van der Waals surface area contributed by atoms with Gasteiger partial charge in [0.1, 0.15) is 5.78 Å². The van der Waals surface area contributed by atoms with Gasteiger partial charge in [-0.1, -0.05) is 13.8 Å². The van der Waals surface area contributed by atoms with Crippen LogP contribution in [-0.4, -0.2) is 29.7 Å². The molecule has 0 aromatic heterocycles. The molecule has 1 aliphatic heterocycles. The van der Waals surface area contributed by atoms with E-state index in [0.717, 1.165) is 43.4 Å². The Balaban J connectivity index is 1.64. The first-order valence-corrected chi connectivity index (χ1v) is 10.0. The lowest BCUT2D eigenvalue weighted by Gasteiger charge is -2.61. The molecule has 1 heterocycles. The molecule has 3 saturated carbocycles. The summed E-state index contributed by atoms with van der Waals surface area (Å²) in [5.74, 6) is 3.30. The first-order valence-electron chi connectivity index (χ1n) is 10.0. The average Bonchev–Trinajstić information content (AvgIpc) is 2.89. The second-order valence-corrected chi connectivity index (χ2v) is 9.77. The lowest BCUT2D eigenvalue weighted by Crippen LogP contribution is -2.61. The topological polar surface area (TPSA) is 37.4 Å². The van der Waals surface area contributed by atoms with Crippen molar-refractivity contribution in [2.45, 2.75) is 78.2 Å². The van der Waals surface area contributed by atoms with E-state index in [-0.39, 0.29) is 5.41 Å². The monoisotopic (exact) mass is 331 g/mol. The van der Waals surface area contributed by atoms with Crippen LogP contribution in [0.1, 0.15) is 72.1 Å². The van der Waals surface area contributed by atoms with E-state index < -0.39 is 0 Å². The molecular formula is C21H33NO2. The van der Waals surface area contributed by atoms with Gasteiger partial charge >= 0.3 is 0 Å². The number of hydrogen-bond donors (Lipinski definition) is 0. The van der Waals surface area contributed by atoms with Gasteiger partial charge in [-0.15, -0.1) is 0 Å². The van der Waals surface area contributed by atoms with Crippen LogP contribution < -0.4 is 0 Å². The molecule has 2 unspecified atom stereocenters. The van der Waals surface area contributed by atoms with Gasteiger partial charge in [0.05, 0.1) is 0 Å². The summed E-state index contributed by atoms with van der Waals surface area (Å²) in [7, 11) is 2.03. The fraction of sp³-hybridized carbons (Fsp3) is 0.905. The third kappa shape index (κ3) is 2.02. The van der Waals surface area contributed by atoms with Gasteiger partial charge < -0.3 is 4.90 Å². The SMILES string of the molecule is CC(=O)[C@H]1CC[C@H]2C3CC[C@H]4N(C)C(=O)CC[C@]4(C)C3CC[C@]12C. The van der Waals surface area contributed by atoms with E-state index in [9.17, 15) is 9.59 Å². The number of Topliss-reactive ketones (excluding diaryl/α,β-unsaturated/α-hetero) is 1. The first kappa shape index (κ1) is 16.6. The highest BCUT2D eigenvalue weighted by Crippen LogP contribution is 2.66. The van der Waals surface area contributed by atoms with Crippen LogP contribution in [0.15, 0.2) is 0 Å². The minimum absolute atomic E-state index is 0.243. The molecule has 4 rings (SSSR count). The number of piperidine rings is 1. The molecular weight excluding hydrogens is 298 g/mol. The lowest BCUT2D eigenvalue weighted by molar-refractivity contribution is -0.159. The Morgan fingerprint density at radius 2 is 1.71 bits per heavy atom. The summed E-state index contributed by atoms with van der Waals surface area (Å²) in [6.07, 6.45) is 9.05. The van der Waals surface area contributed by atoms with Gasteiger partial charge in [0, 0.05) is 25.4 Å². The van der Waals surface area contributed by atoms with Crippen molar-refractivity contribution in [2.75, 3.05) is 7.05 Å². The van der Waals surface area contributed by atoms with Gasteiger partial charge in [0.25, 0.3) is 0 Å². The van der Waals surface area contributed by atoms with Crippen LogP contribution in [0.25, 0.3) is 0 Å². The molecule has 0 aromatic rings. The molecule has 134 valence electrons. The zero-order valence-electron chi connectivity index (χ0n) is 15.8. The molecule has 7 atom stereocenters. The fourth-order valence-electron chi connectivity index (χ4n) is 7.82. The van der Waals surface area contributed by atoms with Crippen LogP contribution >= 0.6 is 0 Å². The number of rotatable bonds is 1. The van der Waals surface area contributed by atoms with E-state index in [1.54, 1.807) is 0 Å². The van der Waals surface area contributed by atoms with Crippen LogP contribution in [0.4, 0.5) is 0 Å². The van der Waals surface area contributed by atoms with Crippen molar-refractivity contribution in [1.29, 1.82) is 0 Å². The summed E-state index contributed by atoms with van der Waals surface area (Å²) >= 11 is 0. The Hall–Kier alpha value is -0.860. The molecule has 1 saturated heterocycles. The summed E-state index contributed by atoms with van der Waals surface area (Å²) in [4.78, 5) is 26.5. The van der Waals surface area contributed by atoms with Crippen molar-refractivity contribution in [2.24, 2.45) is 34.5 Å². The smallest absolute Gasteiger partial charge is 0.222 e. The number of fused-ring (bicyclic) bond motifs is 5. The van der Waals surface area contributed by atoms with E-state index >= 15 is 0 Å². The molecule has 0 bridgehead atoms. The molecule has 0 radical (unpaired) electrons. The van der Waals surface area contributed by atoms with Crippen LogP contribution in [0.3, 0.4) is 0 Å². The summed E-state index contributed by atoms with van der Waals surface area (Å²) in [5.41, 5.74) is 0.536. The molecule has 24 heavy (non-hydrogen) atoms. The van der Waals surface area contributed by atoms with E-state index in [4.69, 9.17) is 0 Å². The largest absolute Gasteiger partial charge is 0.342 e. The van der Waals surface area contributed by atoms with E-state index in [2.05, 4.69) is 18.7 Å². The van der Waals surface area contributed by atoms with Gasteiger partial charge in [-0.3, -0.25) is 9.59 Å². The first-order chi connectivity index (χ1) is 11.3. The predicted molar refractivity (Wildman–Crippen MR) is 94.3 cm³/mol. The lowest BCUT2D eigenvalue weighted by atomic mass is 9.46. The van der Waals surface area contributed by atoms with Crippen molar-refractivity contribution < 1.29 is 9.59 Å². The van der Waals surface area contributed by atoms with Gasteiger partial charge in [-0.2, -0.15) is 0 Å². The van der Waals surface area contributed by atoms with Crippen LogP contribution in [0.2, 0.25) is 0 Å². The minimum Gasteiger partial charge on any atom is -0.342 e. The number of carbonyl (C=O) groups is 2. The Morgan fingerprint density at radius 3 is 2.42 bits per heavy atom. The molecule has 1 amide bonds. The number of nitrogens with zero attached hydrogens (tertiary/aromatic N) is 1. The fourth-order valence-corrected chi connectivity index (χ4v) is 7.82. The highest BCUT2D eigenvalue weighted by molar-refractivity contribution is 5.79. The van der Waals surface area contributed by atoms with Crippen LogP contribution in [0, 0.1) is 34.5 Å². The van der Waals surface area contributed by atoms with Gasteiger partial charge in [0.15, 0.2) is 0 Å². The zero-order valence-corrected chi connectivity index (χ0v) is 15.8. The highest BCUT2D eigenvalue weighted by Gasteiger charge is 2.61. The number of amides is 1. The maximum absolute atomic E-state index is 12.2. The second-order valence-electron chi connectivity index (χ2n) is 9.77. The summed E-state index contributed by atoms with van der Waals surface area (Å²) < 4.78 is 0. The zero-order chi connectivity index (χ0) is 17.3. The molecule has 4 fully saturated rings. The number of hydrogen-bond acceptors (Lipinski definition) is 2. The molecule has 0 aromatic carbocycles. The average molecular weight is 332 g/mol. The van der Waals surface area contributed by atoms with Crippen LogP contribution in [0.5, 0.6) is 0 Å². The third-order valence-corrected chi connectivity index (χ3v) is 9.05. The minimum atomic E-state index is 0.243. The van der Waals surface area contributed by atoms with Crippen molar-refractivity contribution in [3.8, 4) is 0 Å². The van der Waals surface area contributed by atoms with Crippen molar-refractivity contribution in [3.63, 3.8) is 0 Å². The molecule has 3 heteroatoms. The molecule has 4 aliphatic rings. The summed E-state index contributed by atoms with van der Waals surface area (Å²) in [6, 6.07) is 0.439. The maximum atomic E-state index is 12.2. The standard InChI is InChI=1S/C21H33NO2/c1-13(23)15-6-7-16-14-5-8-18-21(3,12-10-19(24)22(18)4)17(14)9-11-20(15,16)2/h14-18H,5-12H2,1-4H3/t14?,15-,16+,17?,18-,20-,21-/m1/s1. The second kappa shape index (κ2) is 5.32. The van der Waals surface area contributed by atoms with Gasteiger partial charge in [-0.05, 0) is 80.5 Å². The van der Waals surface area contributed by atoms with Gasteiger partial charge in [0.2, 0.25) is 5.91 Å². The predicted octanol–water partition coefficient (Wildman–Crippen LogP) is 4.06. The van der Waals surface area contributed by atoms with Crippen molar-refractivity contribution in [3.05, 3.63) is 0 Å². The van der Waals surface area contributed by atoms with E-state index in [1.165, 1.54) is 25.7 Å². The quantitative estimate of drug-likeness (QED) is 0.727. The molecule has 3 aliphatic carbocycles. The number of likely N-dealkylation sites (tertiary alicyclic amines) is 1. The normalized spacial score (nSPS) is 50.9. The summed E-state index contributed by atoms with van der Waals surface area (Å²) in [5, 5.41) is 0. The van der Waals surface area contributed by atoms with Crippen LogP contribution in [-0.2, 0) is 9.59 Å². The molecule has 3 nitrogen and oxygen atoms in total. The Labute approximate surface area is 146 Å². The third-order valence-electron chi connectivity index (χ3n) is 9.05. The van der Waals surface area contributed by atoms with Crippen molar-refractivity contribution >= 4 is 11.7 Å². The molecule has 0 N–H and O–H groups in total. The molecule has 0 spiro atoms. The van der Waals surface area contributed by atoms with Crippen molar-refractivity contribution in [1.82, 2.24) is 4.90 Å². The van der Waals surface area contributed by atoms with Gasteiger partial charge in [-0.25, -0.2) is 0 Å². The van der Waals surface area contributed by atoms with E-state index in [1.807, 2.05) is 14.0 Å². The summed E-state index contributed by atoms with van der Waals surface area (Å²) in [6.45, 7) is 6.69. The number of ketones is 1. The highest BCUT2D eigenvalue weighted by atomic mass is 16.2.